The molecule has 1 atom stereocenters. The van der Waals surface area contributed by atoms with E-state index in [4.69, 9.17) is 11.5 Å². The van der Waals surface area contributed by atoms with Gasteiger partial charge in [0.15, 0.2) is 0 Å². The Morgan fingerprint density at radius 3 is 2.58 bits per heavy atom. The van der Waals surface area contributed by atoms with Gasteiger partial charge < -0.3 is 16.4 Å². The lowest BCUT2D eigenvalue weighted by Crippen LogP contribution is -2.33. The van der Waals surface area contributed by atoms with Crippen LogP contribution in [0.3, 0.4) is 0 Å². The summed E-state index contributed by atoms with van der Waals surface area (Å²) in [7, 11) is 1.97. The van der Waals surface area contributed by atoms with Gasteiger partial charge in [-0.15, -0.1) is 0 Å². The second-order valence-electron chi connectivity index (χ2n) is 3.21. The topological polar surface area (TPSA) is 72.3 Å². The fourth-order valence-electron chi connectivity index (χ4n) is 1.01. The smallest absolute Gasteiger partial charge is 0.221 e. The first-order chi connectivity index (χ1) is 5.57. The normalized spacial score (nSPS) is 13.3. The van der Waals surface area contributed by atoms with Crippen molar-refractivity contribution in [3.63, 3.8) is 0 Å². The minimum absolute atomic E-state index is 0.0761. The second-order valence-corrected chi connectivity index (χ2v) is 3.21. The molecule has 0 spiro atoms. The summed E-state index contributed by atoms with van der Waals surface area (Å²) in [5.74, 6) is -0.317. The molecular formula is C8H19N3O. The van der Waals surface area contributed by atoms with Gasteiger partial charge in [0.25, 0.3) is 0 Å². The van der Waals surface area contributed by atoms with Crippen molar-refractivity contribution in [1.82, 2.24) is 4.90 Å². The predicted octanol–water partition coefficient (Wildman–Crippen LogP) is -0.612. The molecule has 0 heterocycles. The van der Waals surface area contributed by atoms with E-state index >= 15 is 0 Å². The molecular weight excluding hydrogens is 154 g/mol. The van der Waals surface area contributed by atoms with E-state index in [1.807, 2.05) is 14.0 Å². The number of amides is 1. The third-order valence-corrected chi connectivity index (χ3v) is 1.82. The first-order valence-corrected chi connectivity index (χ1v) is 4.25. The first-order valence-electron chi connectivity index (χ1n) is 4.25. The molecule has 0 bridgehead atoms. The molecule has 1 unspecified atom stereocenters. The summed E-state index contributed by atoms with van der Waals surface area (Å²) in [5.41, 5.74) is 10.5. The standard InChI is InChI=1S/C8H19N3O/c1-7(8(10)12)6-11(2)5-3-4-9/h7H,3-6,9H2,1-2H3,(H2,10,12). The fourth-order valence-corrected chi connectivity index (χ4v) is 1.01. The zero-order valence-electron chi connectivity index (χ0n) is 7.92. The molecule has 0 aromatic rings. The highest BCUT2D eigenvalue weighted by Crippen LogP contribution is 1.96. The van der Waals surface area contributed by atoms with Crippen LogP contribution in [-0.4, -0.2) is 37.5 Å². The molecule has 0 radical (unpaired) electrons. The molecule has 4 nitrogen and oxygen atoms in total. The summed E-state index contributed by atoms with van der Waals surface area (Å²) in [6, 6.07) is 0. The number of primary amides is 1. The highest BCUT2D eigenvalue weighted by atomic mass is 16.1. The second kappa shape index (κ2) is 5.97. The van der Waals surface area contributed by atoms with Crippen LogP contribution in [0.25, 0.3) is 0 Å². The van der Waals surface area contributed by atoms with Gasteiger partial charge >= 0.3 is 0 Å². The van der Waals surface area contributed by atoms with Crippen molar-refractivity contribution in [1.29, 1.82) is 0 Å². The van der Waals surface area contributed by atoms with Gasteiger partial charge in [-0.25, -0.2) is 0 Å². The maximum Gasteiger partial charge on any atom is 0.221 e. The van der Waals surface area contributed by atoms with Crippen molar-refractivity contribution >= 4 is 5.91 Å². The molecule has 4 N–H and O–H groups in total. The molecule has 12 heavy (non-hydrogen) atoms. The number of carbonyl (C=O) groups excluding carboxylic acids is 1. The maximum atomic E-state index is 10.7. The van der Waals surface area contributed by atoms with E-state index in [2.05, 4.69) is 4.90 Å². The Labute approximate surface area is 73.9 Å². The Kier molecular flexibility index (Phi) is 5.66. The zero-order valence-corrected chi connectivity index (χ0v) is 7.92. The summed E-state index contributed by atoms with van der Waals surface area (Å²) in [6.45, 7) is 4.17. The predicted molar refractivity (Wildman–Crippen MR) is 49.5 cm³/mol. The van der Waals surface area contributed by atoms with Crippen molar-refractivity contribution < 1.29 is 4.79 Å². The number of hydrogen-bond acceptors (Lipinski definition) is 3. The monoisotopic (exact) mass is 173 g/mol. The number of carbonyl (C=O) groups is 1. The molecule has 0 aliphatic heterocycles. The van der Waals surface area contributed by atoms with E-state index < -0.39 is 0 Å². The average molecular weight is 173 g/mol. The highest BCUT2D eigenvalue weighted by Gasteiger charge is 2.10. The van der Waals surface area contributed by atoms with E-state index in [0.29, 0.717) is 6.54 Å². The average Bonchev–Trinajstić information content (AvgIpc) is 2.00. The first kappa shape index (κ1) is 11.4. The number of nitrogens with zero attached hydrogens (tertiary/aromatic N) is 1. The highest BCUT2D eigenvalue weighted by molar-refractivity contribution is 5.76. The molecule has 0 aromatic carbocycles. The van der Waals surface area contributed by atoms with Gasteiger partial charge in [0, 0.05) is 12.5 Å². The lowest BCUT2D eigenvalue weighted by molar-refractivity contribution is -0.121. The Hall–Kier alpha value is -0.610. The van der Waals surface area contributed by atoms with Gasteiger partial charge in [-0.05, 0) is 26.6 Å². The Bertz CT molecular complexity index is 138. The number of hydrogen-bond donors (Lipinski definition) is 2. The van der Waals surface area contributed by atoms with E-state index in [-0.39, 0.29) is 11.8 Å². The van der Waals surface area contributed by atoms with Crippen molar-refractivity contribution in [3.8, 4) is 0 Å². The van der Waals surface area contributed by atoms with E-state index in [9.17, 15) is 4.79 Å². The molecule has 0 saturated carbocycles. The number of rotatable bonds is 6. The molecule has 72 valence electrons. The molecule has 0 saturated heterocycles. The van der Waals surface area contributed by atoms with Crippen molar-refractivity contribution in [2.45, 2.75) is 13.3 Å². The summed E-state index contributed by atoms with van der Waals surface area (Å²) >= 11 is 0. The van der Waals surface area contributed by atoms with E-state index in [0.717, 1.165) is 19.5 Å². The Balaban J connectivity index is 3.53. The Morgan fingerprint density at radius 1 is 1.58 bits per heavy atom. The van der Waals surface area contributed by atoms with Crippen LogP contribution in [0.4, 0.5) is 0 Å². The zero-order chi connectivity index (χ0) is 9.56. The molecule has 4 heteroatoms. The summed E-state index contributed by atoms with van der Waals surface area (Å²) in [4.78, 5) is 12.8. The fraction of sp³-hybridized carbons (Fsp3) is 0.875. The number of nitrogens with two attached hydrogens (primary N) is 2. The van der Waals surface area contributed by atoms with Crippen LogP contribution in [0, 0.1) is 5.92 Å². The van der Waals surface area contributed by atoms with E-state index in [1.54, 1.807) is 0 Å². The summed E-state index contributed by atoms with van der Waals surface area (Å²) in [5, 5.41) is 0. The lowest BCUT2D eigenvalue weighted by atomic mass is 10.1. The Morgan fingerprint density at radius 2 is 2.17 bits per heavy atom. The van der Waals surface area contributed by atoms with Gasteiger partial charge in [-0.3, -0.25) is 4.79 Å². The molecule has 0 aromatic heterocycles. The van der Waals surface area contributed by atoms with Crippen LogP contribution in [0.2, 0.25) is 0 Å². The van der Waals surface area contributed by atoms with Gasteiger partial charge in [-0.1, -0.05) is 6.92 Å². The van der Waals surface area contributed by atoms with Gasteiger partial charge in [0.2, 0.25) is 5.91 Å². The molecule has 0 fully saturated rings. The van der Waals surface area contributed by atoms with Crippen LogP contribution >= 0.6 is 0 Å². The van der Waals surface area contributed by atoms with Gasteiger partial charge in [0.05, 0.1) is 0 Å². The SMILES string of the molecule is CC(CN(C)CCCN)C(N)=O. The molecule has 1 amide bonds. The van der Waals surface area contributed by atoms with Crippen molar-refractivity contribution in [3.05, 3.63) is 0 Å². The van der Waals surface area contributed by atoms with Crippen LogP contribution in [0.1, 0.15) is 13.3 Å². The van der Waals surface area contributed by atoms with E-state index in [1.165, 1.54) is 0 Å². The summed E-state index contributed by atoms with van der Waals surface area (Å²) < 4.78 is 0. The minimum Gasteiger partial charge on any atom is -0.369 e. The van der Waals surface area contributed by atoms with Crippen molar-refractivity contribution in [2.24, 2.45) is 17.4 Å². The quantitative estimate of drug-likeness (QED) is 0.562. The van der Waals surface area contributed by atoms with Crippen molar-refractivity contribution in [2.75, 3.05) is 26.7 Å². The van der Waals surface area contributed by atoms with Crippen LogP contribution in [-0.2, 0) is 4.79 Å². The lowest BCUT2D eigenvalue weighted by Gasteiger charge is -2.18. The molecule has 0 aliphatic rings. The molecule has 0 rings (SSSR count). The maximum absolute atomic E-state index is 10.7. The molecule has 0 aliphatic carbocycles. The minimum atomic E-state index is -0.241. The van der Waals surface area contributed by atoms with Gasteiger partial charge in [-0.2, -0.15) is 0 Å². The largest absolute Gasteiger partial charge is 0.369 e. The van der Waals surface area contributed by atoms with Crippen LogP contribution in [0.15, 0.2) is 0 Å². The third kappa shape index (κ3) is 5.09. The third-order valence-electron chi connectivity index (χ3n) is 1.82. The van der Waals surface area contributed by atoms with Gasteiger partial charge in [0.1, 0.15) is 0 Å². The van der Waals surface area contributed by atoms with Crippen LogP contribution < -0.4 is 11.5 Å². The summed E-state index contributed by atoms with van der Waals surface area (Å²) in [6.07, 6.45) is 0.960. The van der Waals surface area contributed by atoms with Crippen LogP contribution in [0.5, 0.6) is 0 Å².